The highest BCUT2D eigenvalue weighted by Gasteiger charge is 2.68. The zero-order valence-electron chi connectivity index (χ0n) is 37.6. The van der Waals surface area contributed by atoms with Gasteiger partial charge in [0.1, 0.15) is 40.9 Å². The predicted molar refractivity (Wildman–Crippen MR) is 237 cm³/mol. The van der Waals surface area contributed by atoms with Crippen molar-refractivity contribution in [1.82, 2.24) is 35.2 Å². The average Bonchev–Trinajstić information content (AvgIpc) is 3.76. The van der Waals surface area contributed by atoms with E-state index in [2.05, 4.69) is 32.3 Å². The van der Waals surface area contributed by atoms with E-state index in [0.717, 1.165) is 42.7 Å². The fraction of sp³-hybridized carbons (Fsp3) is 0.419. The molecule has 1 fully saturated rings. The molecule has 0 spiro atoms. The molecule has 0 saturated heterocycles. The molecular formula is C43H39ClF10N8O8S2. The SMILES string of the molecule is CC(C)(C#Cc1ccc(-c2ccc(Cl)c3c(N(C(=O)NC(CO)CO)S(C)(=O)=O)nn(CC(F)(F)F)c23)c([C@H](Cc2cc(F)cc(F)c2)NC(=O)Cn2nc(C(F)(F)F)c3c2C(F)(F)C2C[C@H]32)n1)S(C)(=O)=O. The Labute approximate surface area is 407 Å². The van der Waals surface area contributed by atoms with E-state index in [1.165, 1.54) is 13.8 Å². The van der Waals surface area contributed by atoms with E-state index < -0.39 is 173 Å². The smallest absolute Gasteiger partial charge is 0.394 e. The monoisotopic (exact) mass is 1080 g/mol. The van der Waals surface area contributed by atoms with E-state index in [0.29, 0.717) is 12.3 Å². The average molecular weight is 1090 g/mol. The van der Waals surface area contributed by atoms with Crippen LogP contribution in [0.2, 0.25) is 5.02 Å². The maximum atomic E-state index is 15.6. The number of rotatable bonds is 14. The van der Waals surface area contributed by atoms with Crippen molar-refractivity contribution in [1.29, 1.82) is 0 Å². The van der Waals surface area contributed by atoms with Gasteiger partial charge in [-0.15, -0.1) is 0 Å². The third-order valence-electron chi connectivity index (χ3n) is 11.8. The fourth-order valence-corrected chi connectivity index (χ4v) is 9.46. The quantitative estimate of drug-likeness (QED) is 0.0734. The summed E-state index contributed by atoms with van der Waals surface area (Å²) in [6.07, 6.45) is -10.1. The summed E-state index contributed by atoms with van der Waals surface area (Å²) in [5, 5.41) is 29.6. The van der Waals surface area contributed by atoms with Crippen molar-refractivity contribution in [3.8, 4) is 23.0 Å². The summed E-state index contributed by atoms with van der Waals surface area (Å²) in [7, 11) is -8.83. The lowest BCUT2D eigenvalue weighted by Gasteiger charge is -2.23. The van der Waals surface area contributed by atoms with Crippen LogP contribution in [0.3, 0.4) is 0 Å². The third-order valence-corrected chi connectivity index (χ3v) is 15.1. The van der Waals surface area contributed by atoms with Gasteiger partial charge in [-0.1, -0.05) is 23.6 Å². The third kappa shape index (κ3) is 10.7. The van der Waals surface area contributed by atoms with Gasteiger partial charge in [0.25, 0.3) is 5.92 Å². The second-order valence-electron chi connectivity index (χ2n) is 17.6. The highest BCUT2D eigenvalue weighted by Crippen LogP contribution is 2.68. The largest absolute Gasteiger partial charge is 0.435 e. The number of sulfonamides is 1. The van der Waals surface area contributed by atoms with Gasteiger partial charge >= 0.3 is 18.4 Å². The Bertz CT molecular complexity index is 3290. The Morgan fingerprint density at radius 2 is 1.56 bits per heavy atom. The molecule has 16 nitrogen and oxygen atoms in total. The molecule has 2 aliphatic rings. The fourth-order valence-electron chi connectivity index (χ4n) is 8.19. The molecule has 7 rings (SSSR count). The first-order valence-corrected chi connectivity index (χ1v) is 25.1. The van der Waals surface area contributed by atoms with Gasteiger partial charge in [0.05, 0.1) is 53.2 Å². The molecule has 3 amide bonds. The van der Waals surface area contributed by atoms with Crippen molar-refractivity contribution < 1.29 is 80.5 Å². The number of carbonyl (C=O) groups is 2. The summed E-state index contributed by atoms with van der Waals surface area (Å²) in [5.41, 5.74) is -6.14. The normalized spacial score (nSPS) is 17.0. The second-order valence-corrected chi connectivity index (χ2v) is 22.4. The van der Waals surface area contributed by atoms with E-state index >= 15 is 8.78 Å². The van der Waals surface area contributed by atoms with Crippen LogP contribution in [0, 0.1) is 29.4 Å². The number of aliphatic hydroxyl groups excluding tert-OH is 2. The van der Waals surface area contributed by atoms with Gasteiger partial charge < -0.3 is 20.8 Å². The van der Waals surface area contributed by atoms with Crippen molar-refractivity contribution in [2.24, 2.45) is 5.92 Å². The minimum absolute atomic E-state index is 0.0949. The Balaban J connectivity index is 1.49. The van der Waals surface area contributed by atoms with E-state index in [-0.39, 0.29) is 36.9 Å². The van der Waals surface area contributed by atoms with Gasteiger partial charge in [0, 0.05) is 34.9 Å². The van der Waals surface area contributed by atoms with Crippen molar-refractivity contribution in [2.45, 2.75) is 80.8 Å². The zero-order valence-corrected chi connectivity index (χ0v) is 40.0. The minimum atomic E-state index is -5.23. The topological polar surface area (TPSA) is 219 Å². The number of pyridine rings is 1. The highest BCUT2D eigenvalue weighted by atomic mass is 35.5. The predicted octanol–water partition coefficient (Wildman–Crippen LogP) is 6.12. The number of urea groups is 1. The molecular weight excluding hydrogens is 1050 g/mol. The molecule has 3 atom stereocenters. The van der Waals surface area contributed by atoms with Crippen LogP contribution >= 0.6 is 11.6 Å². The van der Waals surface area contributed by atoms with E-state index in [1.807, 2.05) is 5.32 Å². The molecule has 3 aromatic heterocycles. The molecule has 29 heteroatoms. The summed E-state index contributed by atoms with van der Waals surface area (Å²) < 4.78 is 197. The van der Waals surface area contributed by atoms with E-state index in [9.17, 15) is 71.8 Å². The van der Waals surface area contributed by atoms with Crippen LogP contribution in [-0.4, -0.2) is 106 Å². The van der Waals surface area contributed by atoms with Crippen LogP contribution in [0.15, 0.2) is 42.5 Å². The van der Waals surface area contributed by atoms with Gasteiger partial charge in [-0.25, -0.2) is 35.4 Å². The molecule has 0 radical (unpaired) electrons. The summed E-state index contributed by atoms with van der Waals surface area (Å²) >= 11 is 6.59. The van der Waals surface area contributed by atoms with Crippen molar-refractivity contribution in [3.63, 3.8) is 0 Å². The molecule has 3 heterocycles. The van der Waals surface area contributed by atoms with E-state index in [4.69, 9.17) is 11.6 Å². The van der Waals surface area contributed by atoms with Gasteiger partial charge in [-0.05, 0) is 74.4 Å². The van der Waals surface area contributed by atoms with Crippen LogP contribution in [-0.2, 0) is 56.3 Å². The van der Waals surface area contributed by atoms with Crippen LogP contribution in [0.1, 0.15) is 66.1 Å². The number of hydrogen-bond donors (Lipinski definition) is 4. The highest BCUT2D eigenvalue weighted by molar-refractivity contribution is 7.93. The van der Waals surface area contributed by atoms with E-state index in [1.54, 1.807) is 0 Å². The Hall–Kier alpha value is -6.02. The Morgan fingerprint density at radius 1 is 0.931 bits per heavy atom. The van der Waals surface area contributed by atoms with Gasteiger partial charge in [0.2, 0.25) is 15.9 Å². The molecule has 2 aromatic carbocycles. The van der Waals surface area contributed by atoms with Crippen molar-refractivity contribution in [2.75, 3.05) is 30.0 Å². The molecule has 0 bridgehead atoms. The molecule has 388 valence electrons. The minimum Gasteiger partial charge on any atom is -0.394 e. The maximum Gasteiger partial charge on any atom is 0.435 e. The molecule has 0 aliphatic heterocycles. The number of aliphatic hydroxyl groups is 2. The Kier molecular flexibility index (Phi) is 14.0. The number of alkyl halides is 8. The Morgan fingerprint density at radius 3 is 2.12 bits per heavy atom. The van der Waals surface area contributed by atoms with Gasteiger partial charge in [-0.2, -0.15) is 49.6 Å². The molecule has 5 aromatic rings. The molecule has 2 aliphatic carbocycles. The molecule has 72 heavy (non-hydrogen) atoms. The number of sulfone groups is 1. The number of hydrogen-bond acceptors (Lipinski definition) is 11. The zero-order chi connectivity index (χ0) is 53.4. The number of amides is 3. The van der Waals surface area contributed by atoms with Crippen molar-refractivity contribution >= 4 is 60.1 Å². The summed E-state index contributed by atoms with van der Waals surface area (Å²) in [5.74, 6) is -6.23. The number of fused-ring (bicyclic) bond motifs is 4. The first kappa shape index (κ1) is 53.8. The number of nitrogens with one attached hydrogen (secondary N) is 2. The molecule has 1 unspecified atom stereocenters. The van der Waals surface area contributed by atoms with Gasteiger partial charge in [-0.3, -0.25) is 14.2 Å². The second kappa shape index (κ2) is 18.8. The lowest BCUT2D eigenvalue weighted by atomic mass is 9.93. The first-order valence-electron chi connectivity index (χ1n) is 21.0. The number of benzene rings is 2. The number of nitrogens with zero attached hydrogens (tertiary/aromatic N) is 6. The number of halogens is 11. The summed E-state index contributed by atoms with van der Waals surface area (Å²) in [4.78, 5) is 32.2. The van der Waals surface area contributed by atoms with Crippen LogP contribution in [0.4, 0.5) is 54.5 Å². The molecule has 4 N–H and O–H groups in total. The lowest BCUT2D eigenvalue weighted by Crippen LogP contribution is -2.50. The van der Waals surface area contributed by atoms with Crippen LogP contribution < -0.4 is 14.9 Å². The standard InChI is InChI=1S/C43H39ClF10N8O8S2/c1-40(2,71(3,67)68)10-9-23-5-6-25(26-7-8-29(44)33-35(26)61(19-41(47,48)49)59-38(33)62(72(4,69)70)39(66)56-24(17-63)18-64)34(55-23)30(13-20-11-21(45)14-22(46)12-20)57-31(65)16-60-37-32(36(58-60)43(52,53)54)27-15-28(27)42(37,50)51/h5-8,11-12,14,24,27-28,30,63-64H,13,15-19H2,1-4H3,(H,56,66)(H,57,65)/t27-,28?,30-/m0/s1. The number of aromatic nitrogens is 5. The number of anilines is 1. The van der Waals surface area contributed by atoms with Crippen LogP contribution in [0.25, 0.3) is 22.0 Å². The summed E-state index contributed by atoms with van der Waals surface area (Å²) in [6, 6.07) is 1.43. The number of carbonyl (C=O) groups excluding carboxylic acids is 2. The molecule has 1 saturated carbocycles. The van der Waals surface area contributed by atoms with Gasteiger partial charge in [0.15, 0.2) is 21.3 Å². The first-order chi connectivity index (χ1) is 33.2. The lowest BCUT2D eigenvalue weighted by molar-refractivity contribution is -0.143. The summed E-state index contributed by atoms with van der Waals surface area (Å²) in [6.45, 7) is -2.78. The van der Waals surface area contributed by atoms with Crippen molar-refractivity contribution in [3.05, 3.63) is 93.0 Å². The van der Waals surface area contributed by atoms with Crippen LogP contribution in [0.5, 0.6) is 0 Å². The maximum absolute atomic E-state index is 15.6.